The van der Waals surface area contributed by atoms with Crippen molar-refractivity contribution in [2.45, 2.75) is 38.3 Å². The fourth-order valence-electron chi connectivity index (χ4n) is 4.22. The van der Waals surface area contributed by atoms with Crippen molar-refractivity contribution in [2.24, 2.45) is 0 Å². The Morgan fingerprint density at radius 3 is 1.85 bits per heavy atom. The Labute approximate surface area is 229 Å². The van der Waals surface area contributed by atoms with E-state index in [4.69, 9.17) is 9.47 Å². The number of alkyl halides is 3. The maximum absolute atomic E-state index is 13.3. The van der Waals surface area contributed by atoms with E-state index in [1.165, 1.54) is 36.4 Å². The van der Waals surface area contributed by atoms with Crippen LogP contribution in [0.1, 0.15) is 47.3 Å². The van der Waals surface area contributed by atoms with Gasteiger partial charge in [-0.1, -0.05) is 54.6 Å². The molecule has 40 heavy (non-hydrogen) atoms. The summed E-state index contributed by atoms with van der Waals surface area (Å²) in [5.74, 6) is -3.19. The van der Waals surface area contributed by atoms with Crippen LogP contribution < -0.4 is 5.32 Å². The fourth-order valence-corrected chi connectivity index (χ4v) is 4.22. The van der Waals surface area contributed by atoms with E-state index in [-0.39, 0.29) is 30.9 Å². The Morgan fingerprint density at radius 1 is 0.750 bits per heavy atom. The lowest BCUT2D eigenvalue weighted by Crippen LogP contribution is -2.48. The number of ketones is 1. The van der Waals surface area contributed by atoms with Crippen LogP contribution >= 0.6 is 0 Å². The summed E-state index contributed by atoms with van der Waals surface area (Å²) in [5, 5.41) is 2.42. The first-order chi connectivity index (χ1) is 19.0. The first-order valence-electron chi connectivity index (χ1n) is 12.5. The zero-order valence-electron chi connectivity index (χ0n) is 21.9. The summed E-state index contributed by atoms with van der Waals surface area (Å²) in [5.41, 5.74) is -2.60. The van der Waals surface area contributed by atoms with Gasteiger partial charge in [0.15, 0.2) is 5.41 Å². The van der Waals surface area contributed by atoms with Crippen molar-refractivity contribution >= 4 is 29.3 Å². The zero-order valence-corrected chi connectivity index (χ0v) is 21.9. The van der Waals surface area contributed by atoms with Gasteiger partial charge < -0.3 is 14.8 Å². The molecular formula is C30H28F3NO6. The highest BCUT2D eigenvalue weighted by Crippen LogP contribution is 2.34. The number of rotatable bonds is 11. The highest BCUT2D eigenvalue weighted by atomic mass is 19.4. The van der Waals surface area contributed by atoms with Gasteiger partial charge in [0.05, 0.1) is 24.3 Å². The number of hydrogen-bond donors (Lipinski definition) is 1. The van der Waals surface area contributed by atoms with Crippen LogP contribution in [0.25, 0.3) is 0 Å². The van der Waals surface area contributed by atoms with E-state index in [9.17, 15) is 32.3 Å². The van der Waals surface area contributed by atoms with E-state index >= 15 is 0 Å². The number of carbonyl (C=O) groups excluding carboxylic acids is 4. The first kappa shape index (κ1) is 30.1. The molecule has 0 aliphatic heterocycles. The number of anilines is 1. The molecule has 0 aliphatic rings. The maximum atomic E-state index is 13.3. The Morgan fingerprint density at radius 2 is 1.30 bits per heavy atom. The zero-order chi connectivity index (χ0) is 29.3. The predicted octanol–water partition coefficient (Wildman–Crippen LogP) is 5.52. The van der Waals surface area contributed by atoms with E-state index in [1.807, 2.05) is 0 Å². The molecule has 0 heterocycles. The van der Waals surface area contributed by atoms with Crippen LogP contribution in [0, 0.1) is 0 Å². The fraction of sp³-hybridized carbons (Fsp3) is 0.267. The van der Waals surface area contributed by atoms with Crippen molar-refractivity contribution in [1.29, 1.82) is 0 Å². The minimum Gasteiger partial charge on any atom is -0.465 e. The SMILES string of the molecule is CCOC(=O)C(CC(=O)Cc1ccc(NC(=O)c2ccccc2C(F)(F)F)cc1)(C(=O)OCC)c1ccccc1. The summed E-state index contributed by atoms with van der Waals surface area (Å²) in [7, 11) is 0. The molecule has 0 aromatic heterocycles. The van der Waals surface area contributed by atoms with Crippen molar-refractivity contribution in [3.63, 3.8) is 0 Å². The number of Topliss-reactive ketones (excluding diaryl/α,β-unsaturated/α-hetero) is 1. The van der Waals surface area contributed by atoms with Crippen molar-refractivity contribution in [2.75, 3.05) is 18.5 Å². The lowest BCUT2D eigenvalue weighted by atomic mass is 9.75. The molecule has 0 saturated heterocycles. The van der Waals surface area contributed by atoms with E-state index in [1.54, 1.807) is 44.2 Å². The number of hydrogen-bond acceptors (Lipinski definition) is 6. The van der Waals surface area contributed by atoms with Gasteiger partial charge in [0.1, 0.15) is 5.78 Å². The number of ether oxygens (including phenoxy) is 2. The van der Waals surface area contributed by atoms with Crippen molar-refractivity contribution in [1.82, 2.24) is 0 Å². The average molecular weight is 556 g/mol. The predicted molar refractivity (Wildman–Crippen MR) is 141 cm³/mol. The van der Waals surface area contributed by atoms with Gasteiger partial charge in [-0.05, 0) is 49.2 Å². The van der Waals surface area contributed by atoms with E-state index < -0.39 is 52.8 Å². The third-order valence-corrected chi connectivity index (χ3v) is 6.07. The third-order valence-electron chi connectivity index (χ3n) is 6.07. The monoisotopic (exact) mass is 555 g/mol. The number of nitrogens with one attached hydrogen (secondary N) is 1. The van der Waals surface area contributed by atoms with Crippen LogP contribution in [0.15, 0.2) is 78.9 Å². The maximum Gasteiger partial charge on any atom is 0.417 e. The van der Waals surface area contributed by atoms with Crippen molar-refractivity contribution < 1.29 is 41.8 Å². The van der Waals surface area contributed by atoms with Crippen LogP contribution in [0.3, 0.4) is 0 Å². The van der Waals surface area contributed by atoms with Gasteiger partial charge in [0.2, 0.25) is 0 Å². The molecule has 0 atom stereocenters. The Hall–Kier alpha value is -4.47. The lowest BCUT2D eigenvalue weighted by Gasteiger charge is -2.29. The standard InChI is InChI=1S/C30H28F3NO6/c1-3-39-27(37)29(28(38)40-4-2,21-10-6-5-7-11-21)19-23(35)18-20-14-16-22(17-15-20)34-26(36)24-12-8-9-13-25(24)30(31,32)33/h5-17H,3-4,18-19H2,1-2H3,(H,34,36). The molecule has 210 valence electrons. The summed E-state index contributed by atoms with van der Waals surface area (Å²) < 4.78 is 50.2. The lowest BCUT2D eigenvalue weighted by molar-refractivity contribution is -0.166. The number of esters is 2. The summed E-state index contributed by atoms with van der Waals surface area (Å²) in [6.07, 6.45) is -5.37. The number of carbonyl (C=O) groups is 4. The van der Waals surface area contributed by atoms with Gasteiger partial charge in [0.25, 0.3) is 5.91 Å². The number of halogens is 3. The highest BCUT2D eigenvalue weighted by molar-refractivity contribution is 6.10. The normalized spacial score (nSPS) is 11.4. The molecule has 10 heteroatoms. The van der Waals surface area contributed by atoms with Crippen molar-refractivity contribution in [3.05, 3.63) is 101 Å². The molecule has 1 amide bonds. The van der Waals surface area contributed by atoms with Gasteiger partial charge in [-0.25, -0.2) is 0 Å². The van der Waals surface area contributed by atoms with Crippen LogP contribution in [0.4, 0.5) is 18.9 Å². The Kier molecular flexibility index (Phi) is 9.82. The van der Waals surface area contributed by atoms with Crippen molar-refractivity contribution in [3.8, 4) is 0 Å². The molecule has 0 radical (unpaired) electrons. The second-order valence-electron chi connectivity index (χ2n) is 8.80. The van der Waals surface area contributed by atoms with Gasteiger partial charge in [0, 0.05) is 18.5 Å². The van der Waals surface area contributed by atoms with Crippen LogP contribution in [0.5, 0.6) is 0 Å². The minimum absolute atomic E-state index is 0.0123. The van der Waals surface area contributed by atoms with Gasteiger partial charge in [-0.3, -0.25) is 19.2 Å². The highest BCUT2D eigenvalue weighted by Gasteiger charge is 2.52. The first-order valence-corrected chi connectivity index (χ1v) is 12.5. The molecule has 3 aromatic rings. The molecule has 0 bridgehead atoms. The van der Waals surface area contributed by atoms with E-state index in [2.05, 4.69) is 5.32 Å². The molecule has 3 rings (SSSR count). The van der Waals surface area contributed by atoms with Crippen LogP contribution in [-0.2, 0) is 41.9 Å². The minimum atomic E-state index is -4.69. The van der Waals surface area contributed by atoms with Crippen LogP contribution in [-0.4, -0.2) is 36.8 Å². The number of amides is 1. The molecule has 0 unspecified atom stereocenters. The molecule has 1 N–H and O–H groups in total. The van der Waals surface area contributed by atoms with Crippen LogP contribution in [0.2, 0.25) is 0 Å². The van der Waals surface area contributed by atoms with E-state index in [0.29, 0.717) is 5.56 Å². The summed E-state index contributed by atoms with van der Waals surface area (Å²) in [4.78, 5) is 52.0. The average Bonchev–Trinajstić information content (AvgIpc) is 2.93. The smallest absolute Gasteiger partial charge is 0.417 e. The quantitative estimate of drug-likeness (QED) is 0.247. The Bertz CT molecular complexity index is 1340. The topological polar surface area (TPSA) is 98.8 Å². The van der Waals surface area contributed by atoms with Gasteiger partial charge >= 0.3 is 18.1 Å². The van der Waals surface area contributed by atoms with Gasteiger partial charge in [-0.2, -0.15) is 13.2 Å². The molecular weight excluding hydrogens is 527 g/mol. The molecule has 0 fully saturated rings. The second kappa shape index (κ2) is 13.1. The summed E-state index contributed by atoms with van der Waals surface area (Å²) in [6, 6.07) is 18.4. The molecule has 0 spiro atoms. The summed E-state index contributed by atoms with van der Waals surface area (Å²) in [6.45, 7) is 3.15. The molecule has 7 nitrogen and oxygen atoms in total. The van der Waals surface area contributed by atoms with Gasteiger partial charge in [-0.15, -0.1) is 0 Å². The Balaban J connectivity index is 1.80. The summed E-state index contributed by atoms with van der Waals surface area (Å²) >= 11 is 0. The molecule has 0 aliphatic carbocycles. The molecule has 3 aromatic carbocycles. The number of benzene rings is 3. The van der Waals surface area contributed by atoms with E-state index in [0.717, 1.165) is 12.1 Å². The largest absolute Gasteiger partial charge is 0.465 e. The second-order valence-corrected chi connectivity index (χ2v) is 8.80. The third kappa shape index (κ3) is 6.93. The molecule has 0 saturated carbocycles.